The van der Waals surface area contributed by atoms with Crippen molar-refractivity contribution in [3.8, 4) is 11.5 Å². The van der Waals surface area contributed by atoms with Crippen molar-refractivity contribution in [2.75, 3.05) is 27.8 Å². The second kappa shape index (κ2) is 9.52. The number of benzene rings is 2. The summed E-state index contributed by atoms with van der Waals surface area (Å²) in [5, 5.41) is 6.33. The first-order valence-electron chi connectivity index (χ1n) is 8.06. The van der Waals surface area contributed by atoms with E-state index in [0.29, 0.717) is 36.1 Å². The molecule has 0 amide bonds. The summed E-state index contributed by atoms with van der Waals surface area (Å²) in [6.07, 6.45) is 0.792. The Hall–Kier alpha value is -2.76. The van der Waals surface area contributed by atoms with Crippen LogP contribution in [0.15, 0.2) is 47.5 Å². The number of methoxy groups -OCH3 is 2. The molecule has 0 heterocycles. The molecule has 0 aliphatic rings. The summed E-state index contributed by atoms with van der Waals surface area (Å²) in [6, 6.07) is 12.5. The maximum atomic E-state index is 13.6. The minimum atomic E-state index is -0.226. The molecule has 0 atom stereocenters. The maximum Gasteiger partial charge on any atom is 0.191 e. The van der Waals surface area contributed by atoms with Crippen LogP contribution in [0.2, 0.25) is 0 Å². The Morgan fingerprint density at radius 2 is 1.80 bits per heavy atom. The Balaban J connectivity index is 1.84. The number of hydrogen-bond donors (Lipinski definition) is 2. The molecule has 6 heteroatoms. The van der Waals surface area contributed by atoms with Crippen LogP contribution in [-0.4, -0.2) is 33.8 Å². The lowest BCUT2D eigenvalue weighted by molar-refractivity contribution is 0.354. The fourth-order valence-electron chi connectivity index (χ4n) is 2.40. The van der Waals surface area contributed by atoms with Crippen molar-refractivity contribution in [3.63, 3.8) is 0 Å². The molecule has 2 aromatic rings. The lowest BCUT2D eigenvalue weighted by Gasteiger charge is -2.13. The molecule has 25 heavy (non-hydrogen) atoms. The second-order valence-electron chi connectivity index (χ2n) is 5.38. The SMILES string of the molecule is CN=C(NCCc1ccc(OC)c(OC)c1)NCc1ccccc1F. The van der Waals surface area contributed by atoms with Gasteiger partial charge in [-0.15, -0.1) is 0 Å². The summed E-state index contributed by atoms with van der Waals surface area (Å²) in [7, 11) is 4.92. The largest absolute Gasteiger partial charge is 0.493 e. The zero-order valence-corrected chi connectivity index (χ0v) is 14.8. The van der Waals surface area contributed by atoms with Gasteiger partial charge in [-0.05, 0) is 30.2 Å². The van der Waals surface area contributed by atoms with Gasteiger partial charge in [0.05, 0.1) is 14.2 Å². The molecule has 0 aliphatic heterocycles. The van der Waals surface area contributed by atoms with E-state index in [2.05, 4.69) is 15.6 Å². The summed E-state index contributed by atoms with van der Waals surface area (Å²) in [5.41, 5.74) is 1.72. The molecule has 0 aromatic heterocycles. The topological polar surface area (TPSA) is 54.9 Å². The van der Waals surface area contributed by atoms with E-state index in [4.69, 9.17) is 9.47 Å². The third-order valence-corrected chi connectivity index (χ3v) is 3.78. The number of halogens is 1. The summed E-state index contributed by atoms with van der Waals surface area (Å²) in [5.74, 6) is 1.82. The normalized spacial score (nSPS) is 11.1. The van der Waals surface area contributed by atoms with Crippen molar-refractivity contribution in [1.29, 1.82) is 0 Å². The lowest BCUT2D eigenvalue weighted by atomic mass is 10.1. The van der Waals surface area contributed by atoms with Crippen LogP contribution in [0.4, 0.5) is 4.39 Å². The number of ether oxygens (including phenoxy) is 2. The van der Waals surface area contributed by atoms with E-state index in [1.54, 1.807) is 33.4 Å². The highest BCUT2D eigenvalue weighted by molar-refractivity contribution is 5.79. The molecule has 2 aromatic carbocycles. The van der Waals surface area contributed by atoms with Gasteiger partial charge in [-0.1, -0.05) is 24.3 Å². The second-order valence-corrected chi connectivity index (χ2v) is 5.38. The van der Waals surface area contributed by atoms with Crippen molar-refractivity contribution in [2.45, 2.75) is 13.0 Å². The predicted molar refractivity (Wildman–Crippen MR) is 97.9 cm³/mol. The number of aliphatic imine (C=N–C) groups is 1. The smallest absolute Gasteiger partial charge is 0.191 e. The average Bonchev–Trinajstić information content (AvgIpc) is 2.65. The Kier molecular flexibility index (Phi) is 7.07. The highest BCUT2D eigenvalue weighted by Crippen LogP contribution is 2.27. The van der Waals surface area contributed by atoms with E-state index >= 15 is 0 Å². The van der Waals surface area contributed by atoms with Crippen LogP contribution in [0, 0.1) is 5.82 Å². The first-order chi connectivity index (χ1) is 12.2. The Morgan fingerprint density at radius 1 is 1.04 bits per heavy atom. The standard InChI is InChI=1S/C19H24FN3O2/c1-21-19(23-13-15-6-4-5-7-16(15)20)22-11-10-14-8-9-17(24-2)18(12-14)25-3/h4-9,12H,10-11,13H2,1-3H3,(H2,21,22,23). The molecule has 2 N–H and O–H groups in total. The Morgan fingerprint density at radius 3 is 2.48 bits per heavy atom. The van der Waals surface area contributed by atoms with E-state index < -0.39 is 0 Å². The first-order valence-corrected chi connectivity index (χ1v) is 8.06. The first kappa shape index (κ1) is 18.6. The van der Waals surface area contributed by atoms with Crippen LogP contribution in [0.5, 0.6) is 11.5 Å². The van der Waals surface area contributed by atoms with Gasteiger partial charge in [0.2, 0.25) is 0 Å². The summed E-state index contributed by atoms with van der Waals surface area (Å²) >= 11 is 0. The van der Waals surface area contributed by atoms with E-state index in [1.165, 1.54) is 6.07 Å². The number of nitrogens with zero attached hydrogens (tertiary/aromatic N) is 1. The number of rotatable bonds is 7. The zero-order chi connectivity index (χ0) is 18.1. The fraction of sp³-hybridized carbons (Fsp3) is 0.316. The lowest BCUT2D eigenvalue weighted by Crippen LogP contribution is -2.38. The molecule has 0 bridgehead atoms. The van der Waals surface area contributed by atoms with Crippen LogP contribution in [0.3, 0.4) is 0 Å². The molecule has 0 saturated heterocycles. The molecular formula is C19H24FN3O2. The van der Waals surface area contributed by atoms with Crippen LogP contribution in [-0.2, 0) is 13.0 Å². The number of nitrogens with one attached hydrogen (secondary N) is 2. The third kappa shape index (κ3) is 5.38. The van der Waals surface area contributed by atoms with Crippen LogP contribution in [0.1, 0.15) is 11.1 Å². The summed E-state index contributed by atoms with van der Waals surface area (Å²) < 4.78 is 24.2. The molecule has 0 fully saturated rings. The Labute approximate surface area is 147 Å². The quantitative estimate of drug-likeness (QED) is 0.598. The summed E-state index contributed by atoms with van der Waals surface area (Å²) in [4.78, 5) is 4.15. The van der Waals surface area contributed by atoms with Crippen LogP contribution in [0.25, 0.3) is 0 Å². The molecule has 134 valence electrons. The highest BCUT2D eigenvalue weighted by atomic mass is 19.1. The van der Waals surface area contributed by atoms with E-state index in [0.717, 1.165) is 12.0 Å². The van der Waals surface area contributed by atoms with Gasteiger partial charge < -0.3 is 20.1 Å². The van der Waals surface area contributed by atoms with Gasteiger partial charge in [0.15, 0.2) is 17.5 Å². The van der Waals surface area contributed by atoms with Crippen molar-refractivity contribution < 1.29 is 13.9 Å². The number of guanidine groups is 1. The van der Waals surface area contributed by atoms with E-state index in [1.807, 2.05) is 24.3 Å². The maximum absolute atomic E-state index is 13.6. The van der Waals surface area contributed by atoms with E-state index in [9.17, 15) is 4.39 Å². The van der Waals surface area contributed by atoms with Gasteiger partial charge in [-0.25, -0.2) is 4.39 Å². The van der Waals surface area contributed by atoms with Crippen molar-refractivity contribution >= 4 is 5.96 Å². The molecule has 0 spiro atoms. The van der Waals surface area contributed by atoms with Gasteiger partial charge in [0.25, 0.3) is 0 Å². The molecule has 0 saturated carbocycles. The van der Waals surface area contributed by atoms with Gasteiger partial charge in [0.1, 0.15) is 5.82 Å². The zero-order valence-electron chi connectivity index (χ0n) is 14.8. The molecular weight excluding hydrogens is 321 g/mol. The summed E-state index contributed by atoms with van der Waals surface area (Å²) in [6.45, 7) is 1.06. The third-order valence-electron chi connectivity index (χ3n) is 3.78. The molecule has 2 rings (SSSR count). The van der Waals surface area contributed by atoms with E-state index in [-0.39, 0.29) is 5.82 Å². The van der Waals surface area contributed by atoms with Crippen molar-refractivity contribution in [1.82, 2.24) is 10.6 Å². The van der Waals surface area contributed by atoms with Crippen molar-refractivity contribution in [3.05, 3.63) is 59.4 Å². The van der Waals surface area contributed by atoms with Crippen LogP contribution < -0.4 is 20.1 Å². The fourth-order valence-corrected chi connectivity index (χ4v) is 2.40. The monoisotopic (exact) mass is 345 g/mol. The minimum Gasteiger partial charge on any atom is -0.493 e. The molecule has 5 nitrogen and oxygen atoms in total. The number of hydrogen-bond acceptors (Lipinski definition) is 3. The molecule has 0 unspecified atom stereocenters. The predicted octanol–water partition coefficient (Wildman–Crippen LogP) is 2.75. The van der Waals surface area contributed by atoms with Gasteiger partial charge in [-0.3, -0.25) is 4.99 Å². The van der Waals surface area contributed by atoms with Crippen LogP contribution >= 0.6 is 0 Å². The highest BCUT2D eigenvalue weighted by Gasteiger charge is 2.05. The van der Waals surface area contributed by atoms with Gasteiger partial charge in [-0.2, -0.15) is 0 Å². The van der Waals surface area contributed by atoms with Gasteiger partial charge >= 0.3 is 0 Å². The minimum absolute atomic E-state index is 0.226. The molecule has 0 radical (unpaired) electrons. The Bertz CT molecular complexity index is 720. The molecule has 0 aliphatic carbocycles. The van der Waals surface area contributed by atoms with Gasteiger partial charge in [0, 0.05) is 25.7 Å². The average molecular weight is 345 g/mol. The van der Waals surface area contributed by atoms with Crippen molar-refractivity contribution in [2.24, 2.45) is 4.99 Å².